The van der Waals surface area contributed by atoms with E-state index in [1.165, 1.54) is 0 Å². The largest absolute Gasteiger partial charge is 0.729 e. The molecule has 0 aliphatic carbocycles. The molecule has 140 valence electrons. The Balaban J connectivity index is 1.92. The number of benzene rings is 3. The smallest absolute Gasteiger partial charge is 0.478 e. The third-order valence-corrected chi connectivity index (χ3v) is 7.99. The summed E-state index contributed by atoms with van der Waals surface area (Å²) in [6.45, 7) is 3.99. The van der Waals surface area contributed by atoms with Gasteiger partial charge in [-0.15, -0.1) is 0 Å². The normalized spacial score (nSPS) is 15.5. The summed E-state index contributed by atoms with van der Waals surface area (Å²) in [5, 5.41) is 0. The molecular formula is C20H12Br3NO3Si. The van der Waals surface area contributed by atoms with Crippen LogP contribution in [0, 0.1) is 0 Å². The Morgan fingerprint density at radius 3 is 1.36 bits per heavy atom. The van der Waals surface area contributed by atoms with Gasteiger partial charge in [-0.05, 0) is 54.6 Å². The van der Waals surface area contributed by atoms with E-state index in [9.17, 15) is 0 Å². The zero-order valence-electron chi connectivity index (χ0n) is 14.3. The summed E-state index contributed by atoms with van der Waals surface area (Å²) in [6.07, 6.45) is 0. The summed E-state index contributed by atoms with van der Waals surface area (Å²) in [6, 6.07) is 17.8. The van der Waals surface area contributed by atoms with Gasteiger partial charge in [-0.3, -0.25) is 0 Å². The minimum absolute atomic E-state index is 0.670. The van der Waals surface area contributed by atoms with Crippen molar-refractivity contribution in [3.8, 4) is 17.2 Å². The van der Waals surface area contributed by atoms with Crippen LogP contribution in [0.3, 0.4) is 0 Å². The monoisotopic (exact) mass is 579 g/mol. The molecule has 0 radical (unpaired) electrons. The summed E-state index contributed by atoms with van der Waals surface area (Å²) < 4.78 is 21.9. The maximum absolute atomic E-state index is 6.39. The summed E-state index contributed by atoms with van der Waals surface area (Å²) in [5.74, 6) is 2.01. The third kappa shape index (κ3) is 2.90. The first-order chi connectivity index (χ1) is 13.5. The van der Waals surface area contributed by atoms with Gasteiger partial charge in [0.2, 0.25) is 0 Å². The van der Waals surface area contributed by atoms with Gasteiger partial charge in [0.05, 0.1) is 17.1 Å². The van der Waals surface area contributed by atoms with Crippen molar-refractivity contribution in [3.63, 3.8) is 0 Å². The van der Waals surface area contributed by atoms with Crippen molar-refractivity contribution in [2.75, 3.05) is 4.90 Å². The Morgan fingerprint density at radius 2 is 1.04 bits per heavy atom. The van der Waals surface area contributed by atoms with Crippen LogP contribution in [0.1, 0.15) is 0 Å². The van der Waals surface area contributed by atoms with Crippen LogP contribution in [0.2, 0.25) is 0 Å². The van der Waals surface area contributed by atoms with Crippen molar-refractivity contribution >= 4 is 73.7 Å². The molecule has 3 aromatic rings. The average Bonchev–Trinajstić information content (AvgIpc) is 2.63. The number of anilines is 3. The van der Waals surface area contributed by atoms with E-state index < -0.39 is 8.80 Å². The van der Waals surface area contributed by atoms with Crippen LogP contribution in [0.25, 0.3) is 0 Å². The molecule has 4 nitrogen and oxygen atoms in total. The van der Waals surface area contributed by atoms with Gasteiger partial charge in [0, 0.05) is 19.1 Å². The van der Waals surface area contributed by atoms with Gasteiger partial charge < -0.3 is 18.2 Å². The molecule has 0 atom stereocenters. The molecule has 3 heterocycles. The molecule has 0 unspecified atom stereocenters. The van der Waals surface area contributed by atoms with Gasteiger partial charge in [0.1, 0.15) is 17.2 Å². The molecule has 2 bridgehead atoms. The molecule has 28 heavy (non-hydrogen) atoms. The molecule has 3 aliphatic rings. The van der Waals surface area contributed by atoms with Crippen LogP contribution in [0.5, 0.6) is 17.2 Å². The minimum Gasteiger partial charge on any atom is -0.478 e. The Morgan fingerprint density at radius 1 is 0.679 bits per heavy atom. The topological polar surface area (TPSA) is 30.9 Å². The SMILES string of the molecule is C=C[Si]12Oc3cc(Br)ccc3N(c3ccc(Br)cc3O1)c1ccc(Br)cc1O2. The lowest BCUT2D eigenvalue weighted by atomic mass is 10.1. The maximum Gasteiger partial charge on any atom is 0.729 e. The van der Waals surface area contributed by atoms with E-state index in [0.717, 1.165) is 30.5 Å². The highest BCUT2D eigenvalue weighted by molar-refractivity contribution is 9.11. The Kier molecular flexibility index (Phi) is 4.35. The van der Waals surface area contributed by atoms with Crippen LogP contribution in [-0.2, 0) is 0 Å². The number of halogens is 3. The van der Waals surface area contributed by atoms with Crippen LogP contribution in [0.15, 0.2) is 80.3 Å². The van der Waals surface area contributed by atoms with Crippen LogP contribution in [0.4, 0.5) is 17.1 Å². The van der Waals surface area contributed by atoms with Crippen molar-refractivity contribution in [1.29, 1.82) is 0 Å². The summed E-state index contributed by atoms with van der Waals surface area (Å²) in [7, 11) is -3.35. The molecular weight excluding hydrogens is 570 g/mol. The number of hydrogen-bond donors (Lipinski definition) is 0. The number of hydrogen-bond acceptors (Lipinski definition) is 4. The predicted octanol–water partition coefficient (Wildman–Crippen LogP) is 7.27. The maximum atomic E-state index is 6.39. The van der Waals surface area contributed by atoms with Crippen LogP contribution < -0.4 is 18.2 Å². The first kappa shape index (κ1) is 18.3. The lowest BCUT2D eigenvalue weighted by molar-refractivity contribution is 0.275. The highest BCUT2D eigenvalue weighted by Gasteiger charge is 2.51. The molecule has 0 amide bonds. The summed E-state index contributed by atoms with van der Waals surface area (Å²) in [5.41, 5.74) is 4.37. The van der Waals surface area contributed by atoms with Crippen molar-refractivity contribution in [1.82, 2.24) is 0 Å². The van der Waals surface area contributed by atoms with E-state index >= 15 is 0 Å². The molecule has 0 saturated heterocycles. The van der Waals surface area contributed by atoms with Crippen molar-refractivity contribution in [2.45, 2.75) is 0 Å². The van der Waals surface area contributed by atoms with Crippen molar-refractivity contribution < 1.29 is 13.3 Å². The molecule has 3 aromatic carbocycles. The van der Waals surface area contributed by atoms with E-state index in [1.807, 2.05) is 54.6 Å². The fraction of sp³-hybridized carbons (Fsp3) is 0. The standard InChI is InChI=1S/C20H12Br3NO3Si/c1-2-28-25-18-9-12(21)3-6-15(18)24(16-7-4-13(22)10-19(16)26-28)17-8-5-14(23)11-20(17)27-28/h2-11H,1H2. The summed E-state index contributed by atoms with van der Waals surface area (Å²) >= 11 is 10.6. The van der Waals surface area contributed by atoms with Crippen molar-refractivity contribution in [3.05, 3.63) is 80.3 Å². The molecule has 0 N–H and O–H groups in total. The van der Waals surface area contributed by atoms with E-state index in [-0.39, 0.29) is 0 Å². The van der Waals surface area contributed by atoms with Gasteiger partial charge in [0.25, 0.3) is 0 Å². The average molecular weight is 582 g/mol. The van der Waals surface area contributed by atoms with Gasteiger partial charge in [-0.25, -0.2) is 0 Å². The molecule has 0 fully saturated rings. The first-order valence-corrected chi connectivity index (χ1v) is 12.6. The molecule has 3 aliphatic heterocycles. The summed E-state index contributed by atoms with van der Waals surface area (Å²) in [4.78, 5) is 2.09. The molecule has 0 saturated carbocycles. The number of rotatable bonds is 1. The van der Waals surface area contributed by atoms with E-state index in [0.29, 0.717) is 17.2 Å². The molecule has 0 spiro atoms. The minimum atomic E-state index is -3.35. The molecule has 6 rings (SSSR count). The van der Waals surface area contributed by atoms with Crippen LogP contribution in [-0.4, -0.2) is 8.80 Å². The van der Waals surface area contributed by atoms with E-state index in [1.54, 1.807) is 5.70 Å². The zero-order valence-corrected chi connectivity index (χ0v) is 20.0. The second-order valence-electron chi connectivity index (χ2n) is 6.29. The Labute approximate surface area is 188 Å². The Hall–Kier alpha value is -1.74. The lowest BCUT2D eigenvalue weighted by Crippen LogP contribution is -2.55. The second-order valence-corrected chi connectivity index (χ2v) is 11.3. The van der Waals surface area contributed by atoms with Crippen LogP contribution >= 0.6 is 47.8 Å². The van der Waals surface area contributed by atoms with Gasteiger partial charge in [0.15, 0.2) is 0 Å². The van der Waals surface area contributed by atoms with E-state index in [4.69, 9.17) is 13.3 Å². The molecule has 8 heteroatoms. The zero-order chi connectivity index (χ0) is 19.5. The Bertz CT molecular complexity index is 1000. The van der Waals surface area contributed by atoms with Gasteiger partial charge in [-0.2, -0.15) is 0 Å². The predicted molar refractivity (Wildman–Crippen MR) is 122 cm³/mol. The van der Waals surface area contributed by atoms with E-state index in [2.05, 4.69) is 59.3 Å². The van der Waals surface area contributed by atoms with Gasteiger partial charge in [-0.1, -0.05) is 54.4 Å². The fourth-order valence-electron chi connectivity index (χ4n) is 3.30. The first-order valence-electron chi connectivity index (χ1n) is 8.37. The quantitative estimate of drug-likeness (QED) is 0.283. The highest BCUT2D eigenvalue weighted by Crippen LogP contribution is 2.53. The third-order valence-electron chi connectivity index (χ3n) is 4.49. The number of nitrogens with zero attached hydrogens (tertiary/aromatic N) is 1. The lowest BCUT2D eigenvalue weighted by Gasteiger charge is -2.40. The van der Waals surface area contributed by atoms with Gasteiger partial charge >= 0.3 is 8.80 Å². The fourth-order valence-corrected chi connectivity index (χ4v) is 6.11. The molecule has 0 aromatic heterocycles. The van der Waals surface area contributed by atoms with Crippen molar-refractivity contribution in [2.24, 2.45) is 0 Å². The highest BCUT2D eigenvalue weighted by atomic mass is 79.9. The second kappa shape index (κ2) is 6.65.